The number of carbonyl (C=O) groups excluding carboxylic acids is 1. The van der Waals surface area contributed by atoms with Gasteiger partial charge in [0.2, 0.25) is 0 Å². The second kappa shape index (κ2) is 6.56. The Hall–Kier alpha value is -2.14. The molecule has 1 unspecified atom stereocenters. The van der Waals surface area contributed by atoms with E-state index in [1.54, 1.807) is 30.3 Å². The summed E-state index contributed by atoms with van der Waals surface area (Å²) in [6.07, 6.45) is 0.0592. The molecule has 0 aliphatic carbocycles. The normalized spacial score (nSPS) is 11.6. The van der Waals surface area contributed by atoms with Crippen LogP contribution < -0.4 is 0 Å². The van der Waals surface area contributed by atoms with Gasteiger partial charge in [-0.25, -0.2) is 0 Å². The van der Waals surface area contributed by atoms with Crippen molar-refractivity contribution in [3.63, 3.8) is 0 Å². The Morgan fingerprint density at radius 3 is 2.44 bits per heavy atom. The van der Waals surface area contributed by atoms with Gasteiger partial charge in [-0.15, -0.1) is 6.58 Å². The molecule has 0 saturated heterocycles. The molecule has 0 heterocycles. The highest BCUT2D eigenvalue weighted by Gasteiger charge is 2.24. The van der Waals surface area contributed by atoms with Crippen LogP contribution in [0.2, 0.25) is 0 Å². The minimum atomic E-state index is -1.36. The lowest BCUT2D eigenvalue weighted by molar-refractivity contribution is -0.148. The summed E-state index contributed by atoms with van der Waals surface area (Å²) < 4.78 is 0. The molecule has 5 nitrogen and oxygen atoms in total. The van der Waals surface area contributed by atoms with Crippen molar-refractivity contribution in [2.45, 2.75) is 6.10 Å². The van der Waals surface area contributed by atoms with Crippen molar-refractivity contribution in [2.75, 3.05) is 13.1 Å². The largest absolute Gasteiger partial charge is 0.480 e. The number of aliphatic hydroxyl groups is 1. The number of carboxylic acid groups (broad SMARTS) is 1. The molecular formula is C13H15NO4. The SMILES string of the molecule is C=CCN(CC(=O)O)C(=O)C(O)c1ccccc1. The fourth-order valence-electron chi connectivity index (χ4n) is 1.50. The van der Waals surface area contributed by atoms with Crippen molar-refractivity contribution in [1.29, 1.82) is 0 Å². The number of nitrogens with zero attached hydrogens (tertiary/aromatic N) is 1. The summed E-state index contributed by atoms with van der Waals surface area (Å²) in [4.78, 5) is 23.6. The minimum Gasteiger partial charge on any atom is -0.480 e. The molecule has 0 aliphatic heterocycles. The van der Waals surface area contributed by atoms with Gasteiger partial charge >= 0.3 is 5.97 Å². The topological polar surface area (TPSA) is 77.8 Å². The first-order valence-corrected chi connectivity index (χ1v) is 5.40. The Balaban J connectivity index is 2.82. The maximum absolute atomic E-state index is 11.9. The monoisotopic (exact) mass is 249 g/mol. The molecule has 1 amide bonds. The summed E-state index contributed by atoms with van der Waals surface area (Å²) in [7, 11) is 0. The molecule has 18 heavy (non-hydrogen) atoms. The highest BCUT2D eigenvalue weighted by molar-refractivity contribution is 5.85. The van der Waals surface area contributed by atoms with Crippen LogP contribution in [0.15, 0.2) is 43.0 Å². The lowest BCUT2D eigenvalue weighted by Crippen LogP contribution is -2.39. The van der Waals surface area contributed by atoms with E-state index in [4.69, 9.17) is 5.11 Å². The number of aliphatic hydroxyl groups excluding tert-OH is 1. The Kier molecular flexibility index (Phi) is 5.07. The van der Waals surface area contributed by atoms with Gasteiger partial charge in [0.25, 0.3) is 5.91 Å². The lowest BCUT2D eigenvalue weighted by atomic mass is 10.1. The second-order valence-corrected chi connectivity index (χ2v) is 3.71. The number of amides is 1. The molecule has 1 aromatic carbocycles. The summed E-state index contributed by atoms with van der Waals surface area (Å²) in [6.45, 7) is 3.07. The molecule has 0 saturated carbocycles. The van der Waals surface area contributed by atoms with Crippen molar-refractivity contribution in [3.05, 3.63) is 48.6 Å². The quantitative estimate of drug-likeness (QED) is 0.732. The average Bonchev–Trinajstić information content (AvgIpc) is 2.37. The van der Waals surface area contributed by atoms with Gasteiger partial charge in [-0.3, -0.25) is 9.59 Å². The van der Waals surface area contributed by atoms with E-state index in [9.17, 15) is 14.7 Å². The third-order valence-electron chi connectivity index (χ3n) is 2.34. The highest BCUT2D eigenvalue weighted by atomic mass is 16.4. The number of benzene rings is 1. The third kappa shape index (κ3) is 3.71. The summed E-state index contributed by atoms with van der Waals surface area (Å²) in [5, 5.41) is 18.6. The first kappa shape index (κ1) is 13.9. The smallest absolute Gasteiger partial charge is 0.323 e. The van der Waals surface area contributed by atoms with Crippen LogP contribution in [0.3, 0.4) is 0 Å². The first-order valence-electron chi connectivity index (χ1n) is 5.40. The van der Waals surface area contributed by atoms with E-state index in [0.717, 1.165) is 4.90 Å². The van der Waals surface area contributed by atoms with Crippen LogP contribution in [0.1, 0.15) is 11.7 Å². The average molecular weight is 249 g/mol. The number of hydrogen-bond acceptors (Lipinski definition) is 3. The Morgan fingerprint density at radius 1 is 1.33 bits per heavy atom. The van der Waals surface area contributed by atoms with Gasteiger partial charge in [0.15, 0.2) is 6.10 Å². The van der Waals surface area contributed by atoms with Gasteiger partial charge in [0.05, 0.1) is 0 Å². The molecular weight excluding hydrogens is 234 g/mol. The molecule has 96 valence electrons. The Morgan fingerprint density at radius 2 is 1.94 bits per heavy atom. The molecule has 0 aromatic heterocycles. The van der Waals surface area contributed by atoms with Crippen molar-refractivity contribution in [1.82, 2.24) is 4.90 Å². The predicted molar refractivity (Wildman–Crippen MR) is 65.8 cm³/mol. The van der Waals surface area contributed by atoms with Crippen LogP contribution in [0, 0.1) is 0 Å². The Bertz CT molecular complexity index is 430. The van der Waals surface area contributed by atoms with Gasteiger partial charge in [-0.05, 0) is 5.56 Å². The van der Waals surface area contributed by atoms with Crippen LogP contribution in [0.25, 0.3) is 0 Å². The molecule has 2 N–H and O–H groups in total. The maximum Gasteiger partial charge on any atom is 0.323 e. The van der Waals surface area contributed by atoms with E-state index in [-0.39, 0.29) is 6.54 Å². The number of aliphatic carboxylic acids is 1. The van der Waals surface area contributed by atoms with Gasteiger partial charge in [0, 0.05) is 6.54 Å². The number of carboxylic acids is 1. The zero-order valence-electron chi connectivity index (χ0n) is 9.82. The fraction of sp³-hybridized carbons (Fsp3) is 0.231. The van der Waals surface area contributed by atoms with E-state index < -0.39 is 24.5 Å². The zero-order valence-corrected chi connectivity index (χ0v) is 9.82. The van der Waals surface area contributed by atoms with Crippen LogP contribution in [0.5, 0.6) is 0 Å². The van der Waals surface area contributed by atoms with Gasteiger partial charge in [0.1, 0.15) is 6.54 Å². The molecule has 0 aliphatic rings. The summed E-state index contributed by atoms with van der Waals surface area (Å²) >= 11 is 0. The van der Waals surface area contributed by atoms with Gasteiger partial charge in [-0.2, -0.15) is 0 Å². The number of carbonyl (C=O) groups is 2. The van der Waals surface area contributed by atoms with Crippen molar-refractivity contribution < 1.29 is 19.8 Å². The van der Waals surface area contributed by atoms with Crippen LogP contribution >= 0.6 is 0 Å². The third-order valence-corrected chi connectivity index (χ3v) is 2.34. The van der Waals surface area contributed by atoms with E-state index >= 15 is 0 Å². The fourth-order valence-corrected chi connectivity index (χ4v) is 1.50. The standard InChI is InChI=1S/C13H15NO4/c1-2-8-14(9-11(15)16)13(18)12(17)10-6-4-3-5-7-10/h2-7,12,17H,1,8-9H2,(H,15,16). The predicted octanol–water partition coefficient (Wildman–Crippen LogP) is 0.819. The maximum atomic E-state index is 11.9. The van der Waals surface area contributed by atoms with Crippen LogP contribution in [0.4, 0.5) is 0 Å². The molecule has 0 fully saturated rings. The molecule has 1 aromatic rings. The van der Waals surface area contributed by atoms with E-state index in [1.807, 2.05) is 0 Å². The van der Waals surface area contributed by atoms with Crippen molar-refractivity contribution in [2.24, 2.45) is 0 Å². The Labute approximate surface area is 105 Å². The number of hydrogen-bond donors (Lipinski definition) is 2. The van der Waals surface area contributed by atoms with Gasteiger partial charge in [-0.1, -0.05) is 36.4 Å². The molecule has 1 rings (SSSR count). The van der Waals surface area contributed by atoms with Crippen molar-refractivity contribution in [3.8, 4) is 0 Å². The number of rotatable bonds is 6. The highest BCUT2D eigenvalue weighted by Crippen LogP contribution is 2.15. The van der Waals surface area contributed by atoms with E-state index in [1.165, 1.54) is 6.08 Å². The molecule has 5 heteroatoms. The molecule has 0 radical (unpaired) electrons. The van der Waals surface area contributed by atoms with Crippen LogP contribution in [-0.4, -0.2) is 40.1 Å². The van der Waals surface area contributed by atoms with E-state index in [2.05, 4.69) is 6.58 Å². The van der Waals surface area contributed by atoms with Crippen LogP contribution in [-0.2, 0) is 9.59 Å². The summed E-state index contributed by atoms with van der Waals surface area (Å²) in [6, 6.07) is 8.37. The van der Waals surface area contributed by atoms with Crippen molar-refractivity contribution >= 4 is 11.9 Å². The van der Waals surface area contributed by atoms with Gasteiger partial charge < -0.3 is 15.1 Å². The molecule has 1 atom stereocenters. The lowest BCUT2D eigenvalue weighted by Gasteiger charge is -2.22. The summed E-state index contributed by atoms with van der Waals surface area (Å²) in [5.74, 6) is -1.78. The van der Waals surface area contributed by atoms with E-state index in [0.29, 0.717) is 5.56 Å². The summed E-state index contributed by atoms with van der Waals surface area (Å²) in [5.41, 5.74) is 0.432. The second-order valence-electron chi connectivity index (χ2n) is 3.71. The molecule has 0 spiro atoms. The molecule has 0 bridgehead atoms. The zero-order chi connectivity index (χ0) is 13.5. The minimum absolute atomic E-state index is 0.0784. The first-order chi connectivity index (χ1) is 8.56.